The topological polar surface area (TPSA) is 75.4 Å². The number of nitrogens with two attached hydrogens (primary N) is 1. The largest absolute Gasteiger partial charge is 0.369 e. The average Bonchev–Trinajstić information content (AvgIpc) is 2.33. The number of hydrogen-bond acceptors (Lipinski definition) is 3. The minimum Gasteiger partial charge on any atom is -0.369 e. The Morgan fingerprint density at radius 1 is 1.62 bits per heavy atom. The fourth-order valence-electron chi connectivity index (χ4n) is 1.60. The van der Waals surface area contributed by atoms with E-state index in [1.54, 1.807) is 0 Å². The highest BCUT2D eigenvalue weighted by molar-refractivity contribution is 5.76. The molecule has 1 heterocycles. The molecule has 1 aliphatic heterocycles. The van der Waals surface area contributed by atoms with Crippen molar-refractivity contribution >= 4 is 11.8 Å². The van der Waals surface area contributed by atoms with E-state index < -0.39 is 0 Å². The Morgan fingerprint density at radius 2 is 2.31 bits per heavy atom. The van der Waals surface area contributed by atoms with Gasteiger partial charge in [0.15, 0.2) is 0 Å². The van der Waals surface area contributed by atoms with Crippen molar-refractivity contribution in [2.45, 2.75) is 19.4 Å². The van der Waals surface area contributed by atoms with Gasteiger partial charge in [-0.25, -0.2) is 0 Å². The zero-order chi connectivity index (χ0) is 9.84. The van der Waals surface area contributed by atoms with Crippen LogP contribution in [0.15, 0.2) is 0 Å². The van der Waals surface area contributed by atoms with Crippen LogP contribution in [0.1, 0.15) is 13.3 Å². The van der Waals surface area contributed by atoms with Crippen LogP contribution in [0.25, 0.3) is 0 Å². The smallest absolute Gasteiger partial charge is 0.231 e. The lowest BCUT2D eigenvalue weighted by atomic mass is 10.3. The van der Waals surface area contributed by atoms with Crippen LogP contribution in [0, 0.1) is 0 Å². The lowest BCUT2D eigenvalue weighted by Crippen LogP contribution is -2.38. The van der Waals surface area contributed by atoms with E-state index in [1.807, 2.05) is 4.90 Å². The molecule has 1 unspecified atom stereocenters. The molecular formula is C8H15N3O2. The zero-order valence-electron chi connectivity index (χ0n) is 7.75. The molecule has 0 spiro atoms. The quantitative estimate of drug-likeness (QED) is 0.572. The first-order valence-electron chi connectivity index (χ1n) is 4.35. The molecule has 5 nitrogen and oxygen atoms in total. The maximum atomic E-state index is 10.7. The number of rotatable bonds is 3. The van der Waals surface area contributed by atoms with Gasteiger partial charge in [-0.15, -0.1) is 0 Å². The number of primary amides is 1. The van der Waals surface area contributed by atoms with Gasteiger partial charge in [-0.05, 0) is 6.42 Å². The normalized spacial score (nSPS) is 23.0. The molecule has 0 aromatic carbocycles. The number of nitrogens with one attached hydrogen (secondary N) is 1. The summed E-state index contributed by atoms with van der Waals surface area (Å²) in [5.41, 5.74) is 5.05. The van der Waals surface area contributed by atoms with Crippen LogP contribution in [0.5, 0.6) is 0 Å². The van der Waals surface area contributed by atoms with E-state index in [9.17, 15) is 9.59 Å². The van der Waals surface area contributed by atoms with Crippen molar-refractivity contribution < 1.29 is 9.59 Å². The van der Waals surface area contributed by atoms with E-state index in [1.165, 1.54) is 6.92 Å². The molecule has 0 aliphatic carbocycles. The molecule has 0 aromatic rings. The summed E-state index contributed by atoms with van der Waals surface area (Å²) in [6, 6.07) is 0.178. The van der Waals surface area contributed by atoms with Gasteiger partial charge in [-0.2, -0.15) is 0 Å². The van der Waals surface area contributed by atoms with E-state index in [2.05, 4.69) is 5.32 Å². The summed E-state index contributed by atoms with van der Waals surface area (Å²) >= 11 is 0. The summed E-state index contributed by atoms with van der Waals surface area (Å²) in [6.45, 7) is 3.34. The Kier molecular flexibility index (Phi) is 3.25. The summed E-state index contributed by atoms with van der Waals surface area (Å²) in [4.78, 5) is 23.2. The van der Waals surface area contributed by atoms with Crippen molar-refractivity contribution in [3.05, 3.63) is 0 Å². The SMILES string of the molecule is CC(=O)NC1CCN(CC(N)=O)C1. The average molecular weight is 185 g/mol. The third-order valence-electron chi connectivity index (χ3n) is 2.06. The van der Waals surface area contributed by atoms with Gasteiger partial charge >= 0.3 is 0 Å². The van der Waals surface area contributed by atoms with Crippen molar-refractivity contribution in [3.8, 4) is 0 Å². The van der Waals surface area contributed by atoms with Crippen molar-refractivity contribution in [3.63, 3.8) is 0 Å². The summed E-state index contributed by atoms with van der Waals surface area (Å²) in [5, 5.41) is 2.81. The highest BCUT2D eigenvalue weighted by Gasteiger charge is 2.23. The molecule has 1 aliphatic rings. The fourth-order valence-corrected chi connectivity index (χ4v) is 1.60. The Balaban J connectivity index is 2.27. The Bertz CT molecular complexity index is 195. The molecule has 1 saturated heterocycles. The maximum Gasteiger partial charge on any atom is 0.231 e. The molecule has 0 bridgehead atoms. The Hall–Kier alpha value is -1.10. The van der Waals surface area contributed by atoms with Crippen molar-refractivity contribution in [2.24, 2.45) is 5.73 Å². The first-order valence-corrected chi connectivity index (χ1v) is 4.35. The standard InChI is InChI=1S/C8H15N3O2/c1-6(12)10-7-2-3-11(4-7)5-8(9)13/h7H,2-5H2,1H3,(H2,9,13)(H,10,12). The van der Waals surface area contributed by atoms with E-state index >= 15 is 0 Å². The molecule has 1 atom stereocenters. The molecule has 1 rings (SSSR count). The molecule has 2 amide bonds. The highest BCUT2D eigenvalue weighted by Crippen LogP contribution is 2.07. The predicted octanol–water partition coefficient (Wildman–Crippen LogP) is -1.32. The molecule has 13 heavy (non-hydrogen) atoms. The number of likely N-dealkylation sites (tertiary alicyclic amines) is 1. The van der Waals surface area contributed by atoms with Crippen LogP contribution in [0.4, 0.5) is 0 Å². The van der Waals surface area contributed by atoms with Crippen LogP contribution in [0.2, 0.25) is 0 Å². The monoisotopic (exact) mass is 185 g/mol. The predicted molar refractivity (Wildman–Crippen MR) is 47.9 cm³/mol. The number of amides is 2. The Morgan fingerprint density at radius 3 is 2.85 bits per heavy atom. The molecule has 0 aromatic heterocycles. The van der Waals surface area contributed by atoms with Crippen LogP contribution in [0.3, 0.4) is 0 Å². The van der Waals surface area contributed by atoms with Crippen LogP contribution < -0.4 is 11.1 Å². The lowest BCUT2D eigenvalue weighted by Gasteiger charge is -2.13. The van der Waals surface area contributed by atoms with Gasteiger partial charge in [0.25, 0.3) is 0 Å². The van der Waals surface area contributed by atoms with E-state index in [0.717, 1.165) is 19.5 Å². The van der Waals surface area contributed by atoms with Gasteiger partial charge in [-0.1, -0.05) is 0 Å². The number of carbonyl (C=O) groups is 2. The first kappa shape index (κ1) is 9.98. The zero-order valence-corrected chi connectivity index (χ0v) is 7.75. The summed E-state index contributed by atoms with van der Waals surface area (Å²) in [7, 11) is 0. The van der Waals surface area contributed by atoms with Gasteiger partial charge in [0.05, 0.1) is 6.54 Å². The molecule has 5 heteroatoms. The maximum absolute atomic E-state index is 10.7. The molecule has 0 saturated carbocycles. The molecular weight excluding hydrogens is 170 g/mol. The van der Waals surface area contributed by atoms with E-state index in [4.69, 9.17) is 5.73 Å². The fraction of sp³-hybridized carbons (Fsp3) is 0.750. The van der Waals surface area contributed by atoms with Crippen LogP contribution in [-0.4, -0.2) is 42.4 Å². The first-order chi connectivity index (χ1) is 6.08. The highest BCUT2D eigenvalue weighted by atomic mass is 16.2. The minimum absolute atomic E-state index is 0.0223. The summed E-state index contributed by atoms with van der Waals surface area (Å²) in [5.74, 6) is -0.339. The van der Waals surface area contributed by atoms with Crippen LogP contribution in [-0.2, 0) is 9.59 Å². The molecule has 74 valence electrons. The van der Waals surface area contributed by atoms with Gasteiger partial charge in [0, 0.05) is 26.1 Å². The second kappa shape index (κ2) is 4.23. The number of nitrogens with zero attached hydrogens (tertiary/aromatic N) is 1. The second-order valence-corrected chi connectivity index (χ2v) is 3.39. The van der Waals surface area contributed by atoms with Gasteiger partial charge in [-0.3, -0.25) is 14.5 Å². The minimum atomic E-state index is -0.316. The molecule has 1 fully saturated rings. The van der Waals surface area contributed by atoms with Crippen molar-refractivity contribution in [1.82, 2.24) is 10.2 Å². The van der Waals surface area contributed by atoms with Crippen molar-refractivity contribution in [1.29, 1.82) is 0 Å². The third kappa shape index (κ3) is 3.42. The van der Waals surface area contributed by atoms with Gasteiger partial charge in [0.1, 0.15) is 0 Å². The third-order valence-corrected chi connectivity index (χ3v) is 2.06. The van der Waals surface area contributed by atoms with Crippen LogP contribution >= 0.6 is 0 Å². The summed E-state index contributed by atoms with van der Waals surface area (Å²) in [6.07, 6.45) is 0.896. The Labute approximate surface area is 77.3 Å². The second-order valence-electron chi connectivity index (χ2n) is 3.39. The van der Waals surface area contributed by atoms with Gasteiger partial charge in [0.2, 0.25) is 11.8 Å². The molecule has 3 N–H and O–H groups in total. The number of carbonyl (C=O) groups excluding carboxylic acids is 2. The van der Waals surface area contributed by atoms with E-state index in [0.29, 0.717) is 0 Å². The lowest BCUT2D eigenvalue weighted by molar-refractivity contribution is -0.119. The number of hydrogen-bond donors (Lipinski definition) is 2. The van der Waals surface area contributed by atoms with Gasteiger partial charge < -0.3 is 11.1 Å². The summed E-state index contributed by atoms with van der Waals surface area (Å²) < 4.78 is 0. The molecule has 0 radical (unpaired) electrons. The van der Waals surface area contributed by atoms with E-state index in [-0.39, 0.29) is 24.4 Å². The van der Waals surface area contributed by atoms with Crippen molar-refractivity contribution in [2.75, 3.05) is 19.6 Å².